The van der Waals surface area contributed by atoms with E-state index in [-0.39, 0.29) is 15.8 Å². The van der Waals surface area contributed by atoms with E-state index >= 15 is 0 Å². The first-order valence-corrected chi connectivity index (χ1v) is 12.2. The number of hydrogen-bond donors (Lipinski definition) is 1. The summed E-state index contributed by atoms with van der Waals surface area (Å²) < 4.78 is 47.0. The molecule has 0 aliphatic heterocycles. The van der Waals surface area contributed by atoms with Crippen molar-refractivity contribution in [2.45, 2.75) is 22.8 Å². The Labute approximate surface area is 174 Å². The number of benzene rings is 3. The van der Waals surface area contributed by atoms with Gasteiger partial charge in [0.05, 0.1) is 9.79 Å². The molecular weight excluding hydrogens is 460 g/mol. The molecule has 0 amide bonds. The SMILES string of the molecule is C[C@H](NS(=O)(=NS(=O)(=O)c1ccccc1)c1ccc(Br)cc1)c1ccccc1. The highest BCUT2D eigenvalue weighted by atomic mass is 79.9. The lowest BCUT2D eigenvalue weighted by Crippen LogP contribution is -2.27. The van der Waals surface area contributed by atoms with E-state index < -0.39 is 19.9 Å². The zero-order valence-electron chi connectivity index (χ0n) is 15.0. The molecule has 0 saturated heterocycles. The van der Waals surface area contributed by atoms with Crippen LogP contribution in [0.4, 0.5) is 0 Å². The molecule has 5 nitrogen and oxygen atoms in total. The Hall–Kier alpha value is -2.00. The van der Waals surface area contributed by atoms with Crippen LogP contribution in [0.5, 0.6) is 0 Å². The first kappa shape index (κ1) is 20.7. The molecule has 0 bridgehead atoms. The van der Waals surface area contributed by atoms with Crippen LogP contribution in [-0.4, -0.2) is 12.6 Å². The number of rotatable bonds is 6. The molecule has 0 saturated carbocycles. The Morgan fingerprint density at radius 1 is 0.786 bits per heavy atom. The van der Waals surface area contributed by atoms with Crippen molar-refractivity contribution < 1.29 is 12.6 Å². The molecular formula is C20H19BrN2O3S2. The highest BCUT2D eigenvalue weighted by molar-refractivity contribution is 9.10. The molecule has 0 radical (unpaired) electrons. The Morgan fingerprint density at radius 3 is 1.89 bits per heavy atom. The highest BCUT2D eigenvalue weighted by Gasteiger charge is 2.23. The van der Waals surface area contributed by atoms with E-state index in [1.807, 2.05) is 37.3 Å². The van der Waals surface area contributed by atoms with Gasteiger partial charge in [-0.1, -0.05) is 68.2 Å². The molecule has 8 heteroatoms. The van der Waals surface area contributed by atoms with Gasteiger partial charge in [0.1, 0.15) is 0 Å². The van der Waals surface area contributed by atoms with Crippen LogP contribution in [0.1, 0.15) is 18.5 Å². The molecule has 3 rings (SSSR count). The van der Waals surface area contributed by atoms with Crippen LogP contribution in [0.25, 0.3) is 0 Å². The first-order valence-electron chi connectivity index (χ1n) is 8.46. The highest BCUT2D eigenvalue weighted by Crippen LogP contribution is 2.23. The van der Waals surface area contributed by atoms with E-state index in [1.54, 1.807) is 42.5 Å². The zero-order valence-corrected chi connectivity index (χ0v) is 18.2. The van der Waals surface area contributed by atoms with Crippen molar-refractivity contribution in [3.05, 3.63) is 95.0 Å². The molecule has 0 fully saturated rings. The first-order chi connectivity index (χ1) is 13.3. The Bertz CT molecular complexity index is 1160. The molecule has 146 valence electrons. The maximum atomic E-state index is 13.8. The Balaban J connectivity index is 2.12. The molecule has 2 atom stereocenters. The van der Waals surface area contributed by atoms with Gasteiger partial charge < -0.3 is 0 Å². The topological polar surface area (TPSA) is 75.6 Å². The largest absolute Gasteiger partial charge is 0.291 e. The van der Waals surface area contributed by atoms with Gasteiger partial charge in [-0.25, -0.2) is 8.93 Å². The number of halogens is 1. The second-order valence-corrected chi connectivity index (χ2v) is 10.8. The predicted octanol–water partition coefficient (Wildman–Crippen LogP) is 4.93. The maximum Gasteiger partial charge on any atom is 0.291 e. The van der Waals surface area contributed by atoms with E-state index in [1.165, 1.54) is 12.1 Å². The lowest BCUT2D eigenvalue weighted by Gasteiger charge is -2.18. The van der Waals surface area contributed by atoms with E-state index in [0.29, 0.717) is 0 Å². The third-order valence-corrected chi connectivity index (χ3v) is 8.62. The van der Waals surface area contributed by atoms with Crippen molar-refractivity contribution >= 4 is 35.9 Å². The van der Waals surface area contributed by atoms with Crippen molar-refractivity contribution in [2.75, 3.05) is 0 Å². The smallest absolute Gasteiger partial charge is 0.228 e. The van der Waals surface area contributed by atoms with E-state index in [0.717, 1.165) is 10.0 Å². The van der Waals surface area contributed by atoms with Gasteiger partial charge in [-0.3, -0.25) is 0 Å². The molecule has 0 aromatic heterocycles. The lowest BCUT2D eigenvalue weighted by molar-refractivity contribution is 0.597. The molecule has 3 aromatic carbocycles. The molecule has 1 N–H and O–H groups in total. The van der Waals surface area contributed by atoms with E-state index in [9.17, 15) is 12.6 Å². The number of hydrogen-bond acceptors (Lipinski definition) is 3. The number of nitrogens with one attached hydrogen (secondary N) is 1. The second-order valence-electron chi connectivity index (χ2n) is 6.09. The third-order valence-electron chi connectivity index (χ3n) is 4.01. The fourth-order valence-corrected chi connectivity index (χ4v) is 6.56. The number of nitrogens with zero attached hydrogens (tertiary/aromatic N) is 1. The molecule has 0 aliphatic carbocycles. The molecule has 3 aromatic rings. The molecule has 1 unspecified atom stereocenters. The lowest BCUT2D eigenvalue weighted by atomic mass is 10.1. The molecule has 0 aliphatic rings. The van der Waals surface area contributed by atoms with Crippen LogP contribution in [-0.2, 0) is 19.9 Å². The third kappa shape index (κ3) is 4.88. The van der Waals surface area contributed by atoms with Crippen molar-refractivity contribution in [3.8, 4) is 0 Å². The van der Waals surface area contributed by atoms with Crippen LogP contribution >= 0.6 is 15.9 Å². The van der Waals surface area contributed by atoms with E-state index in [4.69, 9.17) is 0 Å². The summed E-state index contributed by atoms with van der Waals surface area (Å²) in [5, 5.41) is 0. The van der Waals surface area contributed by atoms with Gasteiger partial charge >= 0.3 is 0 Å². The summed E-state index contributed by atoms with van der Waals surface area (Å²) in [6, 6.07) is 23.4. The van der Waals surface area contributed by atoms with Gasteiger partial charge in [0.2, 0.25) is 0 Å². The van der Waals surface area contributed by atoms with Gasteiger partial charge in [0, 0.05) is 10.5 Å². The van der Waals surface area contributed by atoms with Gasteiger partial charge in [-0.2, -0.15) is 8.42 Å². The van der Waals surface area contributed by atoms with Gasteiger partial charge in [0.15, 0.2) is 9.92 Å². The van der Waals surface area contributed by atoms with Crippen molar-refractivity contribution in [1.29, 1.82) is 0 Å². The predicted molar refractivity (Wildman–Crippen MR) is 115 cm³/mol. The fourth-order valence-electron chi connectivity index (χ4n) is 2.57. The summed E-state index contributed by atoms with van der Waals surface area (Å²) in [6.07, 6.45) is 0. The number of sulfonamides is 1. The van der Waals surface area contributed by atoms with Crippen LogP contribution < -0.4 is 4.72 Å². The normalized spacial score (nSPS) is 14.8. The van der Waals surface area contributed by atoms with Crippen LogP contribution in [0.3, 0.4) is 0 Å². The minimum atomic E-state index is -4.13. The summed E-state index contributed by atoms with van der Waals surface area (Å²) >= 11 is 3.34. The quantitative estimate of drug-likeness (QED) is 0.545. The summed E-state index contributed by atoms with van der Waals surface area (Å²) in [5.74, 6) is 0. The molecule has 0 heterocycles. The standard InChI is InChI=1S/C20H19BrN2O3S2/c1-16(17-8-4-2-5-9-17)22-27(24,19-14-12-18(21)13-15-19)23-28(25,26)20-10-6-3-7-11-20/h2-16H,1H3,(H,22,23,24)/t16-,27?/m0/s1. The molecule has 0 spiro atoms. The van der Waals surface area contributed by atoms with Gasteiger partial charge in [-0.15, -0.1) is 0 Å². The van der Waals surface area contributed by atoms with Crippen molar-refractivity contribution in [3.63, 3.8) is 0 Å². The Morgan fingerprint density at radius 2 is 1.32 bits per heavy atom. The van der Waals surface area contributed by atoms with Crippen molar-refractivity contribution in [1.82, 2.24) is 4.72 Å². The van der Waals surface area contributed by atoms with Crippen LogP contribution in [0.2, 0.25) is 0 Å². The van der Waals surface area contributed by atoms with Crippen molar-refractivity contribution in [2.24, 2.45) is 3.77 Å². The summed E-state index contributed by atoms with van der Waals surface area (Å²) in [5.41, 5.74) is 0.875. The summed E-state index contributed by atoms with van der Waals surface area (Å²) in [7, 11) is -7.60. The fraction of sp³-hybridized carbons (Fsp3) is 0.100. The monoisotopic (exact) mass is 478 g/mol. The minimum absolute atomic E-state index is 0.00555. The minimum Gasteiger partial charge on any atom is -0.228 e. The Kier molecular flexibility index (Phi) is 6.34. The average molecular weight is 479 g/mol. The molecule has 28 heavy (non-hydrogen) atoms. The van der Waals surface area contributed by atoms with Crippen LogP contribution in [0.15, 0.2) is 103 Å². The maximum absolute atomic E-state index is 13.8. The zero-order chi connectivity index (χ0) is 20.2. The average Bonchev–Trinajstić information content (AvgIpc) is 2.69. The van der Waals surface area contributed by atoms with Gasteiger partial charge in [0.25, 0.3) is 10.0 Å². The summed E-state index contributed by atoms with van der Waals surface area (Å²) in [6.45, 7) is 1.82. The van der Waals surface area contributed by atoms with Crippen LogP contribution in [0, 0.1) is 0 Å². The summed E-state index contributed by atoms with van der Waals surface area (Å²) in [4.78, 5) is 0.284. The second kappa shape index (κ2) is 8.57. The van der Waals surface area contributed by atoms with Gasteiger partial charge in [-0.05, 0) is 48.9 Å². The van der Waals surface area contributed by atoms with E-state index in [2.05, 4.69) is 24.4 Å².